The number of anilines is 1. The smallest absolute Gasteiger partial charge is 0.315 e. The van der Waals surface area contributed by atoms with Crippen molar-refractivity contribution in [2.45, 2.75) is 39.3 Å². The molecule has 1 aromatic heterocycles. The fraction of sp³-hybridized carbons (Fsp3) is 0.333. The predicted octanol–water partition coefficient (Wildman–Crippen LogP) is 3.91. The van der Waals surface area contributed by atoms with Crippen molar-refractivity contribution in [3.63, 3.8) is 0 Å². The topological polar surface area (TPSA) is 36.4 Å². The minimum atomic E-state index is -0.210. The van der Waals surface area contributed by atoms with Gasteiger partial charge in [-0.1, -0.05) is 30.0 Å². The van der Waals surface area contributed by atoms with Gasteiger partial charge < -0.3 is 4.90 Å². The van der Waals surface area contributed by atoms with Crippen LogP contribution in [0.3, 0.4) is 0 Å². The highest BCUT2D eigenvalue weighted by Gasteiger charge is 2.45. The maximum atomic E-state index is 12.7. The average Bonchev–Trinajstić information content (AvgIpc) is 2.83. The van der Waals surface area contributed by atoms with Crippen molar-refractivity contribution in [3.8, 4) is 11.8 Å². The maximum absolute atomic E-state index is 12.7. The standard InChI is InChI=1S/C21H23N3O/c1-16(2)24-20(25)23(15-21(24,3)4)19-13-12-18(14-22-19)11-10-17-8-6-5-7-9-17/h5-9,12-14,16H,15H2,1-4H3. The Morgan fingerprint density at radius 3 is 2.28 bits per heavy atom. The zero-order valence-corrected chi connectivity index (χ0v) is 15.2. The van der Waals surface area contributed by atoms with Crippen LogP contribution in [0.1, 0.15) is 38.8 Å². The first-order valence-corrected chi connectivity index (χ1v) is 8.52. The van der Waals surface area contributed by atoms with Crippen molar-refractivity contribution in [2.24, 2.45) is 0 Å². The van der Waals surface area contributed by atoms with E-state index in [2.05, 4.69) is 30.7 Å². The Kier molecular flexibility index (Phi) is 4.50. The fourth-order valence-electron chi connectivity index (χ4n) is 3.30. The molecule has 0 radical (unpaired) electrons. The Morgan fingerprint density at radius 2 is 1.72 bits per heavy atom. The van der Waals surface area contributed by atoms with Gasteiger partial charge in [0.25, 0.3) is 0 Å². The van der Waals surface area contributed by atoms with Crippen LogP contribution in [0.5, 0.6) is 0 Å². The lowest BCUT2D eigenvalue weighted by molar-refractivity contribution is 0.152. The minimum Gasteiger partial charge on any atom is -0.315 e. The molecular formula is C21H23N3O. The molecule has 0 spiro atoms. The number of benzene rings is 1. The minimum absolute atomic E-state index is 0.00983. The van der Waals surface area contributed by atoms with Crippen molar-refractivity contribution < 1.29 is 4.79 Å². The number of nitrogens with zero attached hydrogens (tertiary/aromatic N) is 3. The first kappa shape index (κ1) is 17.0. The van der Waals surface area contributed by atoms with Crippen LogP contribution in [-0.4, -0.2) is 34.0 Å². The molecule has 0 atom stereocenters. The van der Waals surface area contributed by atoms with E-state index in [0.29, 0.717) is 12.4 Å². The summed E-state index contributed by atoms with van der Waals surface area (Å²) in [6.45, 7) is 8.89. The number of rotatable bonds is 2. The third-order valence-corrected chi connectivity index (χ3v) is 4.30. The van der Waals surface area contributed by atoms with Crippen LogP contribution in [0.4, 0.5) is 10.6 Å². The highest BCUT2D eigenvalue weighted by atomic mass is 16.2. The first-order valence-electron chi connectivity index (χ1n) is 8.52. The maximum Gasteiger partial charge on any atom is 0.326 e. The quantitative estimate of drug-likeness (QED) is 0.781. The second-order valence-electron chi connectivity index (χ2n) is 7.17. The number of hydrogen-bond acceptors (Lipinski definition) is 2. The Hall–Kier alpha value is -2.80. The van der Waals surface area contributed by atoms with E-state index in [-0.39, 0.29) is 17.6 Å². The molecule has 3 rings (SSSR count). The summed E-state index contributed by atoms with van der Waals surface area (Å²) in [4.78, 5) is 20.9. The summed E-state index contributed by atoms with van der Waals surface area (Å²) in [6, 6.07) is 13.8. The normalized spacial score (nSPS) is 16.1. The summed E-state index contributed by atoms with van der Waals surface area (Å²) in [5.41, 5.74) is 1.59. The molecule has 0 unspecified atom stereocenters. The van der Waals surface area contributed by atoms with Gasteiger partial charge in [-0.05, 0) is 52.0 Å². The van der Waals surface area contributed by atoms with Gasteiger partial charge in [0, 0.05) is 23.4 Å². The van der Waals surface area contributed by atoms with Gasteiger partial charge in [-0.25, -0.2) is 9.78 Å². The van der Waals surface area contributed by atoms with Gasteiger partial charge in [0.2, 0.25) is 0 Å². The van der Waals surface area contributed by atoms with E-state index in [1.165, 1.54) is 0 Å². The Bertz CT molecular complexity index is 814. The van der Waals surface area contributed by atoms with Crippen molar-refractivity contribution in [3.05, 3.63) is 59.8 Å². The molecule has 25 heavy (non-hydrogen) atoms. The highest BCUT2D eigenvalue weighted by Crippen LogP contribution is 2.31. The highest BCUT2D eigenvalue weighted by molar-refractivity contribution is 5.94. The number of carbonyl (C=O) groups is 1. The van der Waals surface area contributed by atoms with Gasteiger partial charge >= 0.3 is 6.03 Å². The van der Waals surface area contributed by atoms with Crippen molar-refractivity contribution in [1.29, 1.82) is 0 Å². The first-order chi connectivity index (χ1) is 11.9. The molecule has 0 N–H and O–H groups in total. The second-order valence-corrected chi connectivity index (χ2v) is 7.17. The monoisotopic (exact) mass is 333 g/mol. The van der Waals surface area contributed by atoms with Crippen LogP contribution in [0.25, 0.3) is 0 Å². The molecule has 2 amide bonds. The third-order valence-electron chi connectivity index (χ3n) is 4.30. The van der Waals surface area contributed by atoms with Crippen molar-refractivity contribution >= 4 is 11.8 Å². The predicted molar refractivity (Wildman–Crippen MR) is 100 cm³/mol. The number of amides is 2. The number of urea groups is 1. The van der Waals surface area contributed by atoms with Crippen LogP contribution in [-0.2, 0) is 0 Å². The SMILES string of the molecule is CC(C)N1C(=O)N(c2ccc(C#Cc3ccccc3)cn2)CC1(C)C. The lowest BCUT2D eigenvalue weighted by Crippen LogP contribution is -2.46. The van der Waals surface area contributed by atoms with Crippen LogP contribution in [0.2, 0.25) is 0 Å². The molecule has 1 aromatic carbocycles. The van der Waals surface area contributed by atoms with Crippen molar-refractivity contribution in [1.82, 2.24) is 9.88 Å². The molecule has 1 aliphatic rings. The largest absolute Gasteiger partial charge is 0.326 e. The summed E-state index contributed by atoms with van der Waals surface area (Å²) >= 11 is 0. The molecular weight excluding hydrogens is 310 g/mol. The molecule has 2 heterocycles. The van der Waals surface area contributed by atoms with Crippen LogP contribution >= 0.6 is 0 Å². The van der Waals surface area contributed by atoms with Gasteiger partial charge in [0.1, 0.15) is 5.82 Å². The van der Waals surface area contributed by atoms with E-state index in [4.69, 9.17) is 0 Å². The summed E-state index contributed by atoms with van der Waals surface area (Å²) in [7, 11) is 0. The molecule has 0 saturated carbocycles. The van der Waals surface area contributed by atoms with E-state index in [1.807, 2.05) is 61.2 Å². The summed E-state index contributed by atoms with van der Waals surface area (Å²) in [5.74, 6) is 6.89. The third kappa shape index (κ3) is 3.51. The molecule has 1 aliphatic heterocycles. The fourth-order valence-corrected chi connectivity index (χ4v) is 3.30. The summed E-state index contributed by atoms with van der Waals surface area (Å²) in [5, 5.41) is 0. The molecule has 4 nitrogen and oxygen atoms in total. The molecule has 0 aliphatic carbocycles. The molecule has 1 fully saturated rings. The van der Waals surface area contributed by atoms with Gasteiger partial charge in [-0.15, -0.1) is 0 Å². The molecule has 2 aromatic rings. The number of aromatic nitrogens is 1. The van der Waals surface area contributed by atoms with E-state index < -0.39 is 0 Å². The van der Waals surface area contributed by atoms with Crippen LogP contribution in [0, 0.1) is 11.8 Å². The lowest BCUT2D eigenvalue weighted by Gasteiger charge is -2.32. The lowest BCUT2D eigenvalue weighted by atomic mass is 10.0. The average molecular weight is 333 g/mol. The Balaban J connectivity index is 1.80. The molecule has 4 heteroatoms. The van der Waals surface area contributed by atoms with E-state index in [1.54, 1.807) is 11.1 Å². The van der Waals surface area contributed by atoms with Gasteiger partial charge in [0.05, 0.1) is 12.1 Å². The number of pyridine rings is 1. The van der Waals surface area contributed by atoms with Crippen LogP contribution < -0.4 is 4.90 Å². The summed E-state index contributed by atoms with van der Waals surface area (Å²) < 4.78 is 0. The van der Waals surface area contributed by atoms with Gasteiger partial charge in [-0.2, -0.15) is 0 Å². The van der Waals surface area contributed by atoms with Crippen LogP contribution in [0.15, 0.2) is 48.7 Å². The molecule has 1 saturated heterocycles. The van der Waals surface area contributed by atoms with E-state index >= 15 is 0 Å². The Labute approximate surface area is 149 Å². The summed E-state index contributed by atoms with van der Waals surface area (Å²) in [6.07, 6.45) is 1.73. The van der Waals surface area contributed by atoms with E-state index in [0.717, 1.165) is 11.1 Å². The zero-order valence-electron chi connectivity index (χ0n) is 15.2. The zero-order chi connectivity index (χ0) is 18.0. The Morgan fingerprint density at radius 1 is 1.04 bits per heavy atom. The number of hydrogen-bond donors (Lipinski definition) is 0. The molecule has 0 bridgehead atoms. The molecule has 128 valence electrons. The van der Waals surface area contributed by atoms with Crippen molar-refractivity contribution in [2.75, 3.05) is 11.4 Å². The second kappa shape index (κ2) is 6.60. The van der Waals surface area contributed by atoms with Gasteiger partial charge in [0.15, 0.2) is 0 Å². The van der Waals surface area contributed by atoms with E-state index in [9.17, 15) is 4.79 Å². The number of carbonyl (C=O) groups excluding carboxylic acids is 1. The van der Waals surface area contributed by atoms with Gasteiger partial charge in [-0.3, -0.25) is 4.90 Å².